The lowest BCUT2D eigenvalue weighted by atomic mass is 10.1. The number of anilines is 1. The molecule has 1 aromatic carbocycles. The molecule has 0 saturated heterocycles. The highest BCUT2D eigenvalue weighted by molar-refractivity contribution is 5.97. The van der Waals surface area contributed by atoms with E-state index in [9.17, 15) is 14.4 Å². The van der Waals surface area contributed by atoms with Crippen LogP contribution in [-0.2, 0) is 25.5 Å². The Morgan fingerprint density at radius 3 is 2.62 bits per heavy atom. The largest absolute Gasteiger partial charge is 0.455 e. The molecule has 0 aromatic heterocycles. The Balaban J connectivity index is 1.74. The highest BCUT2D eigenvalue weighted by atomic mass is 16.6. The van der Waals surface area contributed by atoms with Crippen molar-refractivity contribution in [3.05, 3.63) is 29.8 Å². The van der Waals surface area contributed by atoms with Crippen LogP contribution in [0.5, 0.6) is 0 Å². The molecule has 0 saturated carbocycles. The topological polar surface area (TPSA) is 84.9 Å². The van der Waals surface area contributed by atoms with E-state index >= 15 is 0 Å². The molecular formula is C19H26N2O5. The molecule has 1 N–H and O–H groups in total. The summed E-state index contributed by atoms with van der Waals surface area (Å²) in [6, 6.07) is 7.74. The van der Waals surface area contributed by atoms with Crippen molar-refractivity contribution in [2.24, 2.45) is 0 Å². The van der Waals surface area contributed by atoms with Crippen molar-refractivity contribution in [3.8, 4) is 0 Å². The van der Waals surface area contributed by atoms with E-state index in [0.717, 1.165) is 17.7 Å². The molecule has 0 bridgehead atoms. The molecule has 26 heavy (non-hydrogen) atoms. The molecule has 7 nitrogen and oxygen atoms in total. The van der Waals surface area contributed by atoms with Crippen molar-refractivity contribution in [3.63, 3.8) is 0 Å². The van der Waals surface area contributed by atoms with Crippen LogP contribution in [0.1, 0.15) is 39.7 Å². The fourth-order valence-electron chi connectivity index (χ4n) is 2.81. The first-order chi connectivity index (χ1) is 12.2. The molecule has 0 radical (unpaired) electrons. The van der Waals surface area contributed by atoms with Gasteiger partial charge in [-0.3, -0.25) is 9.59 Å². The van der Waals surface area contributed by atoms with E-state index in [-0.39, 0.29) is 31.5 Å². The molecule has 1 aliphatic heterocycles. The summed E-state index contributed by atoms with van der Waals surface area (Å²) in [5.41, 5.74) is 1.38. The second-order valence-electron chi connectivity index (χ2n) is 7.28. The fourth-order valence-corrected chi connectivity index (χ4v) is 2.81. The van der Waals surface area contributed by atoms with Crippen molar-refractivity contribution in [1.29, 1.82) is 0 Å². The zero-order valence-corrected chi connectivity index (χ0v) is 15.7. The lowest BCUT2D eigenvalue weighted by molar-refractivity contribution is -0.147. The number of carbonyl (C=O) groups excluding carboxylic acids is 3. The molecule has 1 aromatic rings. The van der Waals surface area contributed by atoms with E-state index in [1.54, 1.807) is 25.7 Å². The summed E-state index contributed by atoms with van der Waals surface area (Å²) in [7, 11) is 0. The van der Waals surface area contributed by atoms with E-state index in [2.05, 4.69) is 5.32 Å². The Kier molecular flexibility index (Phi) is 6.23. The van der Waals surface area contributed by atoms with Gasteiger partial charge in [-0.25, -0.2) is 4.79 Å². The van der Waals surface area contributed by atoms with E-state index in [0.29, 0.717) is 0 Å². The molecule has 1 aliphatic rings. The molecule has 2 rings (SSSR count). The molecule has 0 spiro atoms. The number of esters is 1. The maximum Gasteiger partial charge on any atom is 0.407 e. The number of alkyl carbamates (subject to hydrolysis) is 1. The van der Waals surface area contributed by atoms with Crippen LogP contribution in [0.4, 0.5) is 10.5 Å². The Morgan fingerprint density at radius 1 is 1.23 bits per heavy atom. The molecule has 1 atom stereocenters. The van der Waals surface area contributed by atoms with Crippen LogP contribution in [0.25, 0.3) is 0 Å². The quantitative estimate of drug-likeness (QED) is 0.813. The number of para-hydroxylation sites is 1. The summed E-state index contributed by atoms with van der Waals surface area (Å²) < 4.78 is 10.1. The predicted octanol–water partition coefficient (Wildman–Crippen LogP) is 2.42. The summed E-state index contributed by atoms with van der Waals surface area (Å²) in [4.78, 5) is 37.3. The summed E-state index contributed by atoms with van der Waals surface area (Å²) in [5.74, 6) is -0.801. The molecule has 7 heteroatoms. The van der Waals surface area contributed by atoms with Gasteiger partial charge in [-0.1, -0.05) is 18.2 Å². The number of fused-ring (bicyclic) bond motifs is 1. The molecule has 0 fully saturated rings. The van der Waals surface area contributed by atoms with Crippen LogP contribution in [0.15, 0.2) is 24.3 Å². The first-order valence-corrected chi connectivity index (χ1v) is 8.70. The summed E-state index contributed by atoms with van der Waals surface area (Å²) in [6.07, 6.45) is 0.165. The SMILES string of the molecule is C[C@@H]1Cc2ccccc2N1C(=O)COC(=O)CCNC(=O)OC(C)(C)C. The van der Waals surface area contributed by atoms with Crippen LogP contribution in [-0.4, -0.2) is 42.8 Å². The minimum Gasteiger partial charge on any atom is -0.455 e. The number of amides is 2. The second-order valence-corrected chi connectivity index (χ2v) is 7.28. The Hall–Kier alpha value is -2.57. The molecule has 0 aliphatic carbocycles. The Bertz CT molecular complexity index is 681. The second kappa shape index (κ2) is 8.21. The monoisotopic (exact) mass is 362 g/mol. The summed E-state index contributed by atoms with van der Waals surface area (Å²) >= 11 is 0. The first-order valence-electron chi connectivity index (χ1n) is 8.70. The third kappa shape index (κ3) is 5.47. The number of nitrogens with one attached hydrogen (secondary N) is 1. The number of rotatable bonds is 5. The van der Waals surface area contributed by atoms with E-state index in [1.807, 2.05) is 31.2 Å². The fraction of sp³-hybridized carbons (Fsp3) is 0.526. The third-order valence-electron chi connectivity index (χ3n) is 3.83. The number of ether oxygens (including phenoxy) is 2. The lowest BCUT2D eigenvalue weighted by Gasteiger charge is -2.22. The molecule has 0 unspecified atom stereocenters. The Morgan fingerprint density at radius 2 is 1.92 bits per heavy atom. The predicted molar refractivity (Wildman–Crippen MR) is 96.9 cm³/mol. The average molecular weight is 362 g/mol. The number of nitrogens with zero attached hydrogens (tertiary/aromatic N) is 1. The van der Waals surface area contributed by atoms with Crippen molar-refractivity contribution >= 4 is 23.7 Å². The van der Waals surface area contributed by atoms with Crippen LogP contribution in [0.3, 0.4) is 0 Å². The highest BCUT2D eigenvalue weighted by Crippen LogP contribution is 2.31. The van der Waals surface area contributed by atoms with Gasteiger partial charge in [0.25, 0.3) is 5.91 Å². The van der Waals surface area contributed by atoms with Gasteiger partial charge in [-0.05, 0) is 45.7 Å². The number of hydrogen-bond donors (Lipinski definition) is 1. The van der Waals surface area contributed by atoms with Gasteiger partial charge < -0.3 is 19.7 Å². The van der Waals surface area contributed by atoms with Gasteiger partial charge in [0.05, 0.1) is 6.42 Å². The number of hydrogen-bond acceptors (Lipinski definition) is 5. The van der Waals surface area contributed by atoms with Crippen molar-refractivity contribution in [2.45, 2.75) is 52.2 Å². The van der Waals surface area contributed by atoms with E-state index < -0.39 is 17.7 Å². The van der Waals surface area contributed by atoms with Crippen LogP contribution < -0.4 is 10.2 Å². The van der Waals surface area contributed by atoms with Gasteiger partial charge in [0.2, 0.25) is 0 Å². The lowest BCUT2D eigenvalue weighted by Crippen LogP contribution is -2.39. The van der Waals surface area contributed by atoms with Gasteiger partial charge in [0.15, 0.2) is 6.61 Å². The number of benzene rings is 1. The maximum absolute atomic E-state index is 12.4. The van der Waals surface area contributed by atoms with E-state index in [1.165, 1.54) is 0 Å². The van der Waals surface area contributed by atoms with Crippen LogP contribution in [0, 0.1) is 0 Å². The van der Waals surface area contributed by atoms with Crippen molar-refractivity contribution in [2.75, 3.05) is 18.1 Å². The first kappa shape index (κ1) is 19.8. The smallest absolute Gasteiger partial charge is 0.407 e. The molecule has 2 amide bonds. The number of carbonyl (C=O) groups is 3. The average Bonchev–Trinajstić information content (AvgIpc) is 2.86. The summed E-state index contributed by atoms with van der Waals surface area (Å²) in [5, 5.41) is 2.48. The van der Waals surface area contributed by atoms with E-state index in [4.69, 9.17) is 9.47 Å². The van der Waals surface area contributed by atoms with Crippen molar-refractivity contribution in [1.82, 2.24) is 5.32 Å². The van der Waals surface area contributed by atoms with Gasteiger partial charge in [0, 0.05) is 18.3 Å². The normalized spacial score (nSPS) is 16.0. The van der Waals surface area contributed by atoms with Crippen LogP contribution >= 0.6 is 0 Å². The van der Waals surface area contributed by atoms with Gasteiger partial charge in [0.1, 0.15) is 5.60 Å². The Labute approximate surface area is 153 Å². The van der Waals surface area contributed by atoms with Crippen LogP contribution in [0.2, 0.25) is 0 Å². The van der Waals surface area contributed by atoms with Gasteiger partial charge >= 0.3 is 12.1 Å². The standard InChI is InChI=1S/C19H26N2O5/c1-13-11-14-7-5-6-8-15(14)21(13)16(22)12-25-17(23)9-10-20-18(24)26-19(2,3)4/h5-8,13H,9-12H2,1-4H3,(H,20,24)/t13-/m1/s1. The zero-order valence-electron chi connectivity index (χ0n) is 15.7. The van der Waals surface area contributed by atoms with Gasteiger partial charge in [-0.15, -0.1) is 0 Å². The van der Waals surface area contributed by atoms with Crippen molar-refractivity contribution < 1.29 is 23.9 Å². The highest BCUT2D eigenvalue weighted by Gasteiger charge is 2.30. The maximum atomic E-state index is 12.4. The summed E-state index contributed by atoms with van der Waals surface area (Å²) in [6.45, 7) is 7.00. The molecule has 1 heterocycles. The minimum atomic E-state index is -0.597. The van der Waals surface area contributed by atoms with Gasteiger partial charge in [-0.2, -0.15) is 0 Å². The molecular weight excluding hydrogens is 336 g/mol. The zero-order chi connectivity index (χ0) is 19.3. The molecule has 142 valence electrons. The third-order valence-corrected chi connectivity index (χ3v) is 3.83. The minimum absolute atomic E-state index is 0.0291.